The van der Waals surface area contributed by atoms with Gasteiger partial charge in [0.05, 0.1) is 5.69 Å². The summed E-state index contributed by atoms with van der Waals surface area (Å²) in [7, 11) is 0. The molecular formula is C11H17ClN2S. The average molecular weight is 245 g/mol. The van der Waals surface area contributed by atoms with Crippen molar-refractivity contribution in [2.24, 2.45) is 5.92 Å². The molecule has 0 bridgehead atoms. The van der Waals surface area contributed by atoms with Crippen LogP contribution in [0.3, 0.4) is 0 Å². The van der Waals surface area contributed by atoms with Crippen molar-refractivity contribution in [1.82, 2.24) is 4.98 Å². The second kappa shape index (κ2) is 5.17. The van der Waals surface area contributed by atoms with Crippen LogP contribution in [0.5, 0.6) is 0 Å². The molecule has 0 saturated heterocycles. The highest BCUT2D eigenvalue weighted by atomic mass is 35.5. The van der Waals surface area contributed by atoms with Crippen LogP contribution in [0.25, 0.3) is 0 Å². The number of nitrogens with one attached hydrogen (secondary N) is 1. The third-order valence-corrected chi connectivity index (χ3v) is 4.18. The van der Waals surface area contributed by atoms with Gasteiger partial charge in [-0.05, 0) is 31.6 Å². The van der Waals surface area contributed by atoms with Gasteiger partial charge in [-0.2, -0.15) is 0 Å². The van der Waals surface area contributed by atoms with E-state index in [-0.39, 0.29) is 0 Å². The number of hydrogen-bond donors (Lipinski definition) is 1. The van der Waals surface area contributed by atoms with Gasteiger partial charge in [-0.3, -0.25) is 0 Å². The van der Waals surface area contributed by atoms with Crippen LogP contribution in [0, 0.1) is 5.92 Å². The van der Waals surface area contributed by atoms with Crippen molar-refractivity contribution in [2.45, 2.75) is 38.0 Å². The summed E-state index contributed by atoms with van der Waals surface area (Å²) in [6, 6.07) is 0. The van der Waals surface area contributed by atoms with E-state index in [4.69, 9.17) is 11.6 Å². The first-order valence-electron chi connectivity index (χ1n) is 5.60. The van der Waals surface area contributed by atoms with Crippen LogP contribution >= 0.6 is 22.9 Å². The number of alkyl halides is 1. The van der Waals surface area contributed by atoms with Crippen molar-refractivity contribution in [3.63, 3.8) is 0 Å². The number of thiazole rings is 1. The molecule has 1 aliphatic carbocycles. The number of aromatic nitrogens is 1. The molecule has 0 spiro atoms. The van der Waals surface area contributed by atoms with Gasteiger partial charge in [-0.15, -0.1) is 22.9 Å². The van der Waals surface area contributed by atoms with Crippen molar-refractivity contribution in [2.75, 3.05) is 11.9 Å². The second-order valence-electron chi connectivity index (χ2n) is 4.15. The Hall–Kier alpha value is -0.280. The quantitative estimate of drug-likeness (QED) is 0.820. The molecule has 4 heteroatoms. The Kier molecular flexibility index (Phi) is 3.87. The highest BCUT2D eigenvalue weighted by Gasteiger charge is 2.22. The van der Waals surface area contributed by atoms with Crippen LogP contribution in [0.15, 0.2) is 5.38 Å². The van der Waals surface area contributed by atoms with E-state index in [1.165, 1.54) is 18.5 Å². The Labute approximate surface area is 100 Å². The highest BCUT2D eigenvalue weighted by Crippen LogP contribution is 2.29. The minimum absolute atomic E-state index is 0.402. The molecule has 1 aliphatic rings. The zero-order valence-corrected chi connectivity index (χ0v) is 10.6. The first kappa shape index (κ1) is 11.2. The molecule has 1 fully saturated rings. The number of halogens is 1. The molecule has 2 unspecified atom stereocenters. The van der Waals surface area contributed by atoms with Crippen molar-refractivity contribution < 1.29 is 0 Å². The Bertz CT molecular complexity index is 313. The molecule has 1 aromatic rings. The van der Waals surface area contributed by atoms with Gasteiger partial charge in [0.2, 0.25) is 0 Å². The summed E-state index contributed by atoms with van der Waals surface area (Å²) in [5.74, 6) is 0.737. The zero-order chi connectivity index (χ0) is 10.7. The molecule has 1 aromatic heterocycles. The second-order valence-corrected chi connectivity index (χ2v) is 5.63. The number of anilines is 1. The average Bonchev–Trinajstić information content (AvgIpc) is 2.83. The smallest absolute Gasteiger partial charge is 0.182 e. The number of aryl methyl sites for hydroxylation is 1. The molecule has 0 aliphatic heterocycles. The predicted octanol–water partition coefficient (Wildman–Crippen LogP) is 3.52. The van der Waals surface area contributed by atoms with E-state index in [0.717, 1.165) is 30.4 Å². The maximum Gasteiger partial charge on any atom is 0.182 e. The monoisotopic (exact) mass is 244 g/mol. The van der Waals surface area contributed by atoms with Crippen molar-refractivity contribution >= 4 is 28.1 Å². The van der Waals surface area contributed by atoms with Crippen LogP contribution in [-0.4, -0.2) is 16.9 Å². The zero-order valence-electron chi connectivity index (χ0n) is 9.00. The van der Waals surface area contributed by atoms with Crippen molar-refractivity contribution in [1.29, 1.82) is 0 Å². The van der Waals surface area contributed by atoms with Gasteiger partial charge in [0, 0.05) is 17.3 Å². The van der Waals surface area contributed by atoms with E-state index < -0.39 is 0 Å². The minimum Gasteiger partial charge on any atom is -0.361 e. The maximum atomic E-state index is 6.07. The minimum atomic E-state index is 0.402. The highest BCUT2D eigenvalue weighted by molar-refractivity contribution is 7.13. The third-order valence-electron chi connectivity index (χ3n) is 2.93. The lowest BCUT2D eigenvalue weighted by Gasteiger charge is -2.09. The van der Waals surface area contributed by atoms with E-state index in [2.05, 4.69) is 22.6 Å². The van der Waals surface area contributed by atoms with Gasteiger partial charge >= 0.3 is 0 Å². The Balaban J connectivity index is 1.77. The molecular weight excluding hydrogens is 228 g/mol. The summed E-state index contributed by atoms with van der Waals surface area (Å²) >= 11 is 7.78. The number of nitrogens with zero attached hydrogens (tertiary/aromatic N) is 1. The van der Waals surface area contributed by atoms with Gasteiger partial charge in [0.25, 0.3) is 0 Å². The van der Waals surface area contributed by atoms with Gasteiger partial charge < -0.3 is 5.32 Å². The lowest BCUT2D eigenvalue weighted by Crippen LogP contribution is -2.11. The topological polar surface area (TPSA) is 24.9 Å². The van der Waals surface area contributed by atoms with E-state index in [1.54, 1.807) is 11.3 Å². The molecule has 1 saturated carbocycles. The predicted molar refractivity (Wildman–Crippen MR) is 67.0 cm³/mol. The summed E-state index contributed by atoms with van der Waals surface area (Å²) in [4.78, 5) is 4.48. The standard InChI is InChI=1S/C11H17ClN2S/c1-2-10-7-15-11(14-10)13-6-8-3-4-9(12)5-8/h7-9H,2-6H2,1H3,(H,13,14). The van der Waals surface area contributed by atoms with Crippen molar-refractivity contribution in [3.05, 3.63) is 11.1 Å². The molecule has 84 valence electrons. The molecule has 2 atom stereocenters. The normalized spacial score (nSPS) is 25.7. The van der Waals surface area contributed by atoms with E-state index in [1.807, 2.05) is 0 Å². The largest absolute Gasteiger partial charge is 0.361 e. The summed E-state index contributed by atoms with van der Waals surface area (Å²) in [5.41, 5.74) is 1.18. The third kappa shape index (κ3) is 3.08. The molecule has 0 amide bonds. The SMILES string of the molecule is CCc1csc(NCC2CCC(Cl)C2)n1. The fourth-order valence-corrected chi connectivity index (χ4v) is 3.16. The Morgan fingerprint density at radius 1 is 1.60 bits per heavy atom. The number of hydrogen-bond acceptors (Lipinski definition) is 3. The molecule has 0 radical (unpaired) electrons. The van der Waals surface area contributed by atoms with E-state index in [9.17, 15) is 0 Å². The molecule has 2 nitrogen and oxygen atoms in total. The summed E-state index contributed by atoms with van der Waals surface area (Å²) in [6.07, 6.45) is 4.60. The Morgan fingerprint density at radius 2 is 2.47 bits per heavy atom. The summed E-state index contributed by atoms with van der Waals surface area (Å²) in [6.45, 7) is 3.16. The molecule has 0 aromatic carbocycles. The van der Waals surface area contributed by atoms with Gasteiger partial charge in [-0.1, -0.05) is 6.92 Å². The lowest BCUT2D eigenvalue weighted by molar-refractivity contribution is 0.580. The van der Waals surface area contributed by atoms with Gasteiger partial charge in [0.1, 0.15) is 0 Å². The number of rotatable bonds is 4. The molecule has 1 N–H and O–H groups in total. The van der Waals surface area contributed by atoms with Crippen LogP contribution in [0.1, 0.15) is 31.9 Å². The lowest BCUT2D eigenvalue weighted by atomic mass is 10.1. The van der Waals surface area contributed by atoms with Gasteiger partial charge in [-0.25, -0.2) is 4.98 Å². The van der Waals surface area contributed by atoms with Crippen LogP contribution < -0.4 is 5.32 Å². The van der Waals surface area contributed by atoms with E-state index >= 15 is 0 Å². The van der Waals surface area contributed by atoms with Crippen LogP contribution in [0.2, 0.25) is 0 Å². The first-order chi connectivity index (χ1) is 7.28. The van der Waals surface area contributed by atoms with Crippen LogP contribution in [0.4, 0.5) is 5.13 Å². The maximum absolute atomic E-state index is 6.07. The van der Waals surface area contributed by atoms with E-state index in [0.29, 0.717) is 5.38 Å². The fourth-order valence-electron chi connectivity index (χ4n) is 1.98. The van der Waals surface area contributed by atoms with Gasteiger partial charge in [0.15, 0.2) is 5.13 Å². The summed E-state index contributed by atoms with van der Waals surface area (Å²) < 4.78 is 0. The molecule has 15 heavy (non-hydrogen) atoms. The molecule has 2 rings (SSSR count). The van der Waals surface area contributed by atoms with Crippen molar-refractivity contribution in [3.8, 4) is 0 Å². The summed E-state index contributed by atoms with van der Waals surface area (Å²) in [5, 5.41) is 7.00. The fraction of sp³-hybridized carbons (Fsp3) is 0.727. The molecule has 1 heterocycles. The Morgan fingerprint density at radius 3 is 3.07 bits per heavy atom. The first-order valence-corrected chi connectivity index (χ1v) is 6.92. The van der Waals surface area contributed by atoms with Crippen LogP contribution in [-0.2, 0) is 6.42 Å².